The highest BCUT2D eigenvalue weighted by atomic mass is 31.1. The molecule has 1 aliphatic heterocycles. The fourth-order valence-corrected chi connectivity index (χ4v) is 7.07. The van der Waals surface area contributed by atoms with Gasteiger partial charge >= 0.3 is 0 Å². The fourth-order valence-electron chi connectivity index (χ4n) is 5.36. The summed E-state index contributed by atoms with van der Waals surface area (Å²) in [5, 5.41) is 1.51. The van der Waals surface area contributed by atoms with Crippen molar-refractivity contribution in [3.63, 3.8) is 0 Å². The summed E-state index contributed by atoms with van der Waals surface area (Å²) in [7, 11) is 2.39. The van der Waals surface area contributed by atoms with Crippen molar-refractivity contribution in [1.29, 1.82) is 0 Å². The molecule has 1 saturated heterocycles. The summed E-state index contributed by atoms with van der Waals surface area (Å²) in [6.07, 6.45) is 8.94. The molecule has 2 unspecified atom stereocenters. The number of ether oxygens (including phenoxy) is 2. The number of benzene rings is 2. The molecule has 0 spiro atoms. The van der Waals surface area contributed by atoms with Gasteiger partial charge in [0.1, 0.15) is 5.75 Å². The lowest BCUT2D eigenvalue weighted by Crippen LogP contribution is -2.31. The van der Waals surface area contributed by atoms with Gasteiger partial charge in [-0.3, -0.25) is 4.90 Å². The molecular formula is C32H50NO2P. The zero-order chi connectivity index (χ0) is 26.2. The third-order valence-electron chi connectivity index (χ3n) is 7.61. The van der Waals surface area contributed by atoms with Crippen LogP contribution >= 0.6 is 8.58 Å². The Morgan fingerprint density at radius 2 is 1.69 bits per heavy atom. The minimum absolute atomic E-state index is 0.00225. The largest absolute Gasteiger partial charge is 0.467 e. The number of piperidine rings is 1. The second-order valence-electron chi connectivity index (χ2n) is 11.9. The number of hydrogen-bond acceptors (Lipinski definition) is 3. The lowest BCUT2D eigenvalue weighted by molar-refractivity contribution is 0.0494. The van der Waals surface area contributed by atoms with E-state index >= 15 is 0 Å². The van der Waals surface area contributed by atoms with Gasteiger partial charge in [0, 0.05) is 24.4 Å². The summed E-state index contributed by atoms with van der Waals surface area (Å²) in [5.41, 5.74) is 5.53. The third kappa shape index (κ3) is 7.80. The molecule has 200 valence electrons. The zero-order valence-corrected chi connectivity index (χ0v) is 25.0. The average Bonchev–Trinajstić information content (AvgIpc) is 2.84. The van der Waals surface area contributed by atoms with Gasteiger partial charge in [0.05, 0.1) is 0 Å². The van der Waals surface area contributed by atoms with E-state index < -0.39 is 0 Å². The molecule has 0 aromatic heterocycles. The number of likely N-dealkylation sites (tertiary alicyclic amines) is 1. The lowest BCUT2D eigenvalue weighted by atomic mass is 9.82. The van der Waals surface area contributed by atoms with Crippen molar-refractivity contribution >= 4 is 13.9 Å². The van der Waals surface area contributed by atoms with E-state index in [1.807, 2.05) is 0 Å². The topological polar surface area (TPSA) is 21.7 Å². The molecule has 0 amide bonds. The summed E-state index contributed by atoms with van der Waals surface area (Å²) in [5.74, 6) is 1.02. The van der Waals surface area contributed by atoms with Gasteiger partial charge in [0.25, 0.3) is 0 Å². The SMILES string of the molecule is CCCCCC(C)(Pc1ccccc1CN1CCCCC1)c1cc(C(C)(C)C)cc(C)c1OCOC. The first-order valence-electron chi connectivity index (χ1n) is 14.0. The van der Waals surface area contributed by atoms with Crippen LogP contribution in [0.15, 0.2) is 36.4 Å². The van der Waals surface area contributed by atoms with Crippen LogP contribution in [-0.2, 0) is 21.9 Å². The predicted octanol–water partition coefficient (Wildman–Crippen LogP) is 8.06. The number of methoxy groups -OCH3 is 1. The van der Waals surface area contributed by atoms with Crippen LogP contribution in [0.1, 0.15) is 102 Å². The first kappa shape index (κ1) is 29.2. The van der Waals surface area contributed by atoms with Gasteiger partial charge < -0.3 is 9.47 Å². The van der Waals surface area contributed by atoms with Gasteiger partial charge in [-0.25, -0.2) is 0 Å². The van der Waals surface area contributed by atoms with E-state index in [1.54, 1.807) is 7.11 Å². The van der Waals surface area contributed by atoms with Crippen molar-refractivity contribution in [1.82, 2.24) is 4.90 Å². The summed E-state index contributed by atoms with van der Waals surface area (Å²) in [4.78, 5) is 2.65. The maximum atomic E-state index is 6.30. The predicted molar refractivity (Wildman–Crippen MR) is 157 cm³/mol. The van der Waals surface area contributed by atoms with Crippen molar-refractivity contribution in [3.05, 3.63) is 58.7 Å². The monoisotopic (exact) mass is 511 g/mol. The van der Waals surface area contributed by atoms with Crippen LogP contribution < -0.4 is 10.0 Å². The number of rotatable bonds is 12. The Morgan fingerprint density at radius 1 is 0.972 bits per heavy atom. The molecule has 3 rings (SSSR count). The highest BCUT2D eigenvalue weighted by Gasteiger charge is 2.33. The van der Waals surface area contributed by atoms with Crippen molar-refractivity contribution in [3.8, 4) is 5.75 Å². The molecule has 36 heavy (non-hydrogen) atoms. The Balaban J connectivity index is 2.06. The lowest BCUT2D eigenvalue weighted by Gasteiger charge is -2.36. The van der Waals surface area contributed by atoms with E-state index in [2.05, 4.69) is 82.8 Å². The number of unbranched alkanes of at least 4 members (excludes halogenated alkanes) is 2. The van der Waals surface area contributed by atoms with Crippen molar-refractivity contribution in [2.24, 2.45) is 0 Å². The molecule has 2 aromatic rings. The minimum atomic E-state index is 0.00225. The Morgan fingerprint density at radius 3 is 2.36 bits per heavy atom. The maximum Gasteiger partial charge on any atom is 0.188 e. The fraction of sp³-hybridized carbons (Fsp3) is 0.625. The molecule has 2 atom stereocenters. The van der Waals surface area contributed by atoms with Crippen LogP contribution in [0.5, 0.6) is 5.75 Å². The summed E-state index contributed by atoms with van der Waals surface area (Å²) in [6.45, 7) is 17.7. The average molecular weight is 512 g/mol. The van der Waals surface area contributed by atoms with Crippen LogP contribution in [0, 0.1) is 6.92 Å². The van der Waals surface area contributed by atoms with Crippen molar-refractivity contribution in [2.75, 3.05) is 27.0 Å². The molecule has 0 bridgehead atoms. The molecule has 0 saturated carbocycles. The third-order valence-corrected chi connectivity index (χ3v) is 9.44. The zero-order valence-electron chi connectivity index (χ0n) is 24.0. The molecule has 3 nitrogen and oxygen atoms in total. The number of aryl methyl sites for hydroxylation is 1. The Kier molecular flexibility index (Phi) is 10.9. The Labute approximate surface area is 223 Å². The van der Waals surface area contributed by atoms with E-state index in [4.69, 9.17) is 9.47 Å². The van der Waals surface area contributed by atoms with Gasteiger partial charge in [-0.05, 0) is 66.7 Å². The first-order valence-corrected chi connectivity index (χ1v) is 15.0. The quantitative estimate of drug-likeness (QED) is 0.163. The molecule has 0 aliphatic carbocycles. The normalized spacial score (nSPS) is 17.0. The van der Waals surface area contributed by atoms with Crippen LogP contribution in [0.25, 0.3) is 0 Å². The standard InChI is InChI=1S/C32H50NO2P/c1-8-9-13-18-32(6,28-22-27(31(3,4)5)21-25(2)30(28)35-24-34-7)36-29-17-12-11-16-26(29)23-33-19-14-10-15-20-33/h11-12,16-17,21-22,36H,8-10,13-15,18-20,23-24H2,1-7H3. The smallest absolute Gasteiger partial charge is 0.188 e. The maximum absolute atomic E-state index is 6.30. The second kappa shape index (κ2) is 13.4. The minimum Gasteiger partial charge on any atom is -0.467 e. The molecular weight excluding hydrogens is 461 g/mol. The van der Waals surface area contributed by atoms with Gasteiger partial charge in [-0.1, -0.05) is 105 Å². The molecule has 0 N–H and O–H groups in total. The van der Waals surface area contributed by atoms with Crippen LogP contribution in [0.3, 0.4) is 0 Å². The van der Waals surface area contributed by atoms with E-state index in [0.29, 0.717) is 8.58 Å². The summed E-state index contributed by atoms with van der Waals surface area (Å²) >= 11 is 0. The van der Waals surface area contributed by atoms with E-state index in [0.717, 1.165) is 18.7 Å². The summed E-state index contributed by atoms with van der Waals surface area (Å²) in [6, 6.07) is 14.0. The number of nitrogens with zero attached hydrogens (tertiary/aromatic N) is 1. The van der Waals surface area contributed by atoms with E-state index in [9.17, 15) is 0 Å². The van der Waals surface area contributed by atoms with Crippen molar-refractivity contribution in [2.45, 2.75) is 104 Å². The second-order valence-corrected chi connectivity index (χ2v) is 13.8. The Bertz CT molecular complexity index is 961. The molecule has 4 heteroatoms. The Hall–Kier alpha value is -1.41. The number of hydrogen-bond donors (Lipinski definition) is 0. The summed E-state index contributed by atoms with van der Waals surface area (Å²) < 4.78 is 11.7. The first-order chi connectivity index (χ1) is 17.2. The molecule has 2 aromatic carbocycles. The molecule has 0 radical (unpaired) electrons. The highest BCUT2D eigenvalue weighted by Crippen LogP contribution is 2.50. The van der Waals surface area contributed by atoms with Crippen molar-refractivity contribution < 1.29 is 9.47 Å². The van der Waals surface area contributed by atoms with Gasteiger partial charge in [-0.15, -0.1) is 0 Å². The highest BCUT2D eigenvalue weighted by molar-refractivity contribution is 7.48. The van der Waals surface area contributed by atoms with Gasteiger partial charge in [0.15, 0.2) is 6.79 Å². The van der Waals surface area contributed by atoms with Gasteiger partial charge in [-0.2, -0.15) is 0 Å². The van der Waals surface area contributed by atoms with Crippen LogP contribution in [0.2, 0.25) is 0 Å². The van der Waals surface area contributed by atoms with E-state index in [-0.39, 0.29) is 17.4 Å². The van der Waals surface area contributed by atoms with Gasteiger partial charge in [0.2, 0.25) is 0 Å². The molecule has 1 aliphatic rings. The molecule has 1 heterocycles. The van der Waals surface area contributed by atoms with Crippen LogP contribution in [-0.4, -0.2) is 31.9 Å². The molecule has 1 fully saturated rings. The van der Waals surface area contributed by atoms with E-state index in [1.165, 1.54) is 79.2 Å². The van der Waals surface area contributed by atoms with Crippen LogP contribution in [0.4, 0.5) is 0 Å².